The number of anilines is 3. The van der Waals surface area contributed by atoms with Crippen LogP contribution in [-0.2, 0) is 9.47 Å². The summed E-state index contributed by atoms with van der Waals surface area (Å²) < 4.78 is 12.3. The molecule has 2 saturated heterocycles. The molecule has 36 heavy (non-hydrogen) atoms. The number of piperidine rings is 1. The highest BCUT2D eigenvalue weighted by Gasteiger charge is 2.56. The van der Waals surface area contributed by atoms with Crippen LogP contribution in [0.1, 0.15) is 114 Å². The first-order chi connectivity index (χ1) is 16.9. The summed E-state index contributed by atoms with van der Waals surface area (Å²) in [6.45, 7) is 22.2. The van der Waals surface area contributed by atoms with E-state index in [0.717, 1.165) is 37.7 Å². The minimum absolute atomic E-state index is 0.262. The SMILES string of the molecule is CCCCCCCCNc1nc(N(C(C)C)C(C)C)nc(N2C(C)(C)CC3(CC2(C)C)OCCO3)n1. The van der Waals surface area contributed by atoms with E-state index in [1.807, 2.05) is 0 Å². The van der Waals surface area contributed by atoms with Gasteiger partial charge in [-0.15, -0.1) is 0 Å². The van der Waals surface area contributed by atoms with Crippen LogP contribution in [-0.4, -0.2) is 63.7 Å². The van der Waals surface area contributed by atoms with Crippen molar-refractivity contribution in [2.75, 3.05) is 34.9 Å². The molecule has 1 spiro atoms. The smallest absolute Gasteiger partial charge is 0.232 e. The molecule has 2 fully saturated rings. The Kier molecular flexibility index (Phi) is 9.47. The van der Waals surface area contributed by atoms with Crippen LogP contribution in [0.2, 0.25) is 0 Å². The van der Waals surface area contributed by atoms with Crippen molar-refractivity contribution < 1.29 is 9.47 Å². The first kappa shape index (κ1) is 28.9. The van der Waals surface area contributed by atoms with E-state index in [1.54, 1.807) is 0 Å². The highest BCUT2D eigenvalue weighted by Crippen LogP contribution is 2.48. The fourth-order valence-corrected chi connectivity index (χ4v) is 6.41. The van der Waals surface area contributed by atoms with E-state index in [9.17, 15) is 0 Å². The van der Waals surface area contributed by atoms with Crippen molar-refractivity contribution in [3.63, 3.8) is 0 Å². The molecule has 8 nitrogen and oxygen atoms in total. The molecule has 0 saturated carbocycles. The van der Waals surface area contributed by atoms with Crippen molar-refractivity contribution in [1.29, 1.82) is 0 Å². The van der Waals surface area contributed by atoms with Gasteiger partial charge in [-0.1, -0.05) is 39.0 Å². The predicted octanol–water partition coefficient (Wildman–Crippen LogP) is 6.17. The molecule has 8 heteroatoms. The minimum atomic E-state index is -0.528. The zero-order valence-corrected chi connectivity index (χ0v) is 24.5. The summed E-state index contributed by atoms with van der Waals surface area (Å²) in [4.78, 5) is 19.6. The van der Waals surface area contributed by atoms with Crippen LogP contribution in [0.4, 0.5) is 17.8 Å². The van der Waals surface area contributed by atoms with Gasteiger partial charge in [0.05, 0.1) is 13.2 Å². The van der Waals surface area contributed by atoms with Crippen molar-refractivity contribution in [2.45, 2.75) is 143 Å². The van der Waals surface area contributed by atoms with Crippen molar-refractivity contribution in [3.8, 4) is 0 Å². The van der Waals surface area contributed by atoms with Crippen LogP contribution >= 0.6 is 0 Å². The molecule has 0 aliphatic carbocycles. The molecule has 2 aliphatic heterocycles. The average Bonchev–Trinajstić information content (AvgIpc) is 3.17. The fourth-order valence-electron chi connectivity index (χ4n) is 6.41. The van der Waals surface area contributed by atoms with Crippen LogP contribution < -0.4 is 15.1 Å². The molecule has 206 valence electrons. The van der Waals surface area contributed by atoms with E-state index in [4.69, 9.17) is 24.4 Å². The molecule has 0 amide bonds. The maximum Gasteiger partial charge on any atom is 0.232 e. The first-order valence-electron chi connectivity index (χ1n) is 14.3. The van der Waals surface area contributed by atoms with Crippen LogP contribution in [0, 0.1) is 0 Å². The first-order valence-corrected chi connectivity index (χ1v) is 14.3. The van der Waals surface area contributed by atoms with Crippen molar-refractivity contribution in [2.24, 2.45) is 0 Å². The number of unbranched alkanes of at least 4 members (excludes halogenated alkanes) is 5. The van der Waals surface area contributed by atoms with Crippen LogP contribution in [0.5, 0.6) is 0 Å². The van der Waals surface area contributed by atoms with Gasteiger partial charge >= 0.3 is 0 Å². The number of nitrogens with zero attached hydrogens (tertiary/aromatic N) is 5. The second kappa shape index (κ2) is 11.8. The second-order valence-corrected chi connectivity index (χ2v) is 12.5. The minimum Gasteiger partial charge on any atom is -0.354 e. The lowest BCUT2D eigenvalue weighted by molar-refractivity contribution is -0.198. The Morgan fingerprint density at radius 2 is 1.39 bits per heavy atom. The van der Waals surface area contributed by atoms with E-state index in [1.165, 1.54) is 32.1 Å². The van der Waals surface area contributed by atoms with E-state index in [-0.39, 0.29) is 23.2 Å². The molecule has 1 aromatic heterocycles. The van der Waals surface area contributed by atoms with E-state index in [0.29, 0.717) is 19.2 Å². The Hall–Kier alpha value is -1.67. The van der Waals surface area contributed by atoms with Gasteiger partial charge in [-0.3, -0.25) is 0 Å². The van der Waals surface area contributed by atoms with Gasteiger partial charge in [-0.2, -0.15) is 15.0 Å². The van der Waals surface area contributed by atoms with Crippen molar-refractivity contribution >= 4 is 17.8 Å². The normalized spacial score (nSPS) is 20.5. The van der Waals surface area contributed by atoms with Gasteiger partial charge in [0.2, 0.25) is 17.8 Å². The zero-order chi connectivity index (χ0) is 26.6. The molecule has 0 radical (unpaired) electrons. The average molecular weight is 505 g/mol. The number of ether oxygens (including phenoxy) is 2. The molecule has 1 aromatic rings. The van der Waals surface area contributed by atoms with E-state index < -0.39 is 5.79 Å². The standard InChI is InChI=1S/C28H52N6O2/c1-10-11-12-13-14-15-16-29-23-30-24(33(21(2)3)22(4)5)32-25(31-23)34-26(6,7)19-28(20-27(34,8)9)35-17-18-36-28/h21-22H,10-20H2,1-9H3,(H,29,30,31,32). The highest BCUT2D eigenvalue weighted by molar-refractivity contribution is 5.50. The summed E-state index contributed by atoms with van der Waals surface area (Å²) in [5.41, 5.74) is -0.524. The summed E-state index contributed by atoms with van der Waals surface area (Å²) in [7, 11) is 0. The summed E-state index contributed by atoms with van der Waals surface area (Å²) in [5.74, 6) is 1.59. The summed E-state index contributed by atoms with van der Waals surface area (Å²) in [6.07, 6.45) is 9.10. The summed E-state index contributed by atoms with van der Waals surface area (Å²) in [6, 6.07) is 0.551. The van der Waals surface area contributed by atoms with Gasteiger partial charge in [0.1, 0.15) is 0 Å². The molecular weight excluding hydrogens is 452 g/mol. The highest BCUT2D eigenvalue weighted by atomic mass is 16.7. The molecule has 0 unspecified atom stereocenters. The van der Waals surface area contributed by atoms with Crippen LogP contribution in [0.3, 0.4) is 0 Å². The Balaban J connectivity index is 1.90. The van der Waals surface area contributed by atoms with Crippen molar-refractivity contribution in [1.82, 2.24) is 15.0 Å². The quantitative estimate of drug-likeness (QED) is 0.339. The monoisotopic (exact) mass is 504 g/mol. The zero-order valence-electron chi connectivity index (χ0n) is 24.5. The maximum atomic E-state index is 6.16. The number of aromatic nitrogens is 3. The van der Waals surface area contributed by atoms with Gasteiger partial charge in [0.25, 0.3) is 0 Å². The Morgan fingerprint density at radius 1 is 0.833 bits per heavy atom. The lowest BCUT2D eigenvalue weighted by Crippen LogP contribution is -2.66. The lowest BCUT2D eigenvalue weighted by atomic mass is 9.76. The van der Waals surface area contributed by atoms with Crippen LogP contribution in [0.15, 0.2) is 0 Å². The molecule has 3 rings (SSSR count). The molecule has 0 aromatic carbocycles. The number of hydrogen-bond donors (Lipinski definition) is 1. The summed E-state index contributed by atoms with van der Waals surface area (Å²) >= 11 is 0. The second-order valence-electron chi connectivity index (χ2n) is 12.5. The molecule has 3 heterocycles. The van der Waals surface area contributed by atoms with Gasteiger partial charge in [0, 0.05) is 42.5 Å². The predicted molar refractivity (Wildman–Crippen MR) is 149 cm³/mol. The number of rotatable bonds is 12. The Labute approximate surface area is 219 Å². The van der Waals surface area contributed by atoms with E-state index >= 15 is 0 Å². The molecule has 1 N–H and O–H groups in total. The fraction of sp³-hybridized carbons (Fsp3) is 0.893. The third kappa shape index (κ3) is 6.80. The van der Waals surface area contributed by atoms with Gasteiger partial charge < -0.3 is 24.6 Å². The third-order valence-electron chi connectivity index (χ3n) is 7.40. The maximum absolute atomic E-state index is 6.16. The largest absolute Gasteiger partial charge is 0.354 e. The van der Waals surface area contributed by atoms with E-state index in [2.05, 4.69) is 77.4 Å². The number of hydrogen-bond acceptors (Lipinski definition) is 8. The van der Waals surface area contributed by atoms with Gasteiger partial charge in [-0.05, 0) is 61.8 Å². The molecule has 0 atom stereocenters. The summed E-state index contributed by atoms with van der Waals surface area (Å²) in [5, 5.41) is 3.53. The third-order valence-corrected chi connectivity index (χ3v) is 7.40. The van der Waals surface area contributed by atoms with Crippen molar-refractivity contribution in [3.05, 3.63) is 0 Å². The Bertz CT molecular complexity index is 807. The molecular formula is C28H52N6O2. The molecule has 2 aliphatic rings. The van der Waals surface area contributed by atoms with Gasteiger partial charge in [0.15, 0.2) is 5.79 Å². The lowest BCUT2D eigenvalue weighted by Gasteiger charge is -2.57. The molecule has 0 bridgehead atoms. The number of nitrogens with one attached hydrogen (secondary N) is 1. The Morgan fingerprint density at radius 3 is 1.94 bits per heavy atom. The van der Waals surface area contributed by atoms with Gasteiger partial charge in [-0.25, -0.2) is 0 Å². The topological polar surface area (TPSA) is 75.6 Å². The van der Waals surface area contributed by atoms with Crippen LogP contribution in [0.25, 0.3) is 0 Å².